The molecule has 6 nitrogen and oxygen atoms in total. The molecule has 0 aliphatic rings. The number of azo groups is 1. The molecule has 0 spiro atoms. The highest BCUT2D eigenvalue weighted by molar-refractivity contribution is 6.32. The van der Waals surface area contributed by atoms with Crippen molar-refractivity contribution >= 4 is 23.0 Å². The Hall–Kier alpha value is -2.47. The van der Waals surface area contributed by atoms with E-state index in [9.17, 15) is 15.2 Å². The van der Waals surface area contributed by atoms with Gasteiger partial charge in [0.1, 0.15) is 5.69 Å². The minimum Gasteiger partial charge on any atom is -0.872 e. The molecule has 0 saturated heterocycles. The molecule has 2 aromatic rings. The van der Waals surface area contributed by atoms with Crippen LogP contribution in [0.1, 0.15) is 5.56 Å². The van der Waals surface area contributed by atoms with Gasteiger partial charge in [-0.15, -0.1) is 5.11 Å². The van der Waals surface area contributed by atoms with E-state index in [0.717, 1.165) is 0 Å². The number of non-ortho nitro benzene ring substituents is 1. The Morgan fingerprint density at radius 3 is 2.70 bits per heavy atom. The summed E-state index contributed by atoms with van der Waals surface area (Å²) in [5.74, 6) is -0.280. The van der Waals surface area contributed by atoms with E-state index in [4.69, 9.17) is 11.6 Å². The second-order valence-electron chi connectivity index (χ2n) is 3.95. The van der Waals surface area contributed by atoms with Crippen molar-refractivity contribution in [2.75, 3.05) is 0 Å². The van der Waals surface area contributed by atoms with Crippen molar-refractivity contribution in [3.05, 3.63) is 63.2 Å². The van der Waals surface area contributed by atoms with Crippen molar-refractivity contribution in [3.8, 4) is 5.75 Å². The lowest BCUT2D eigenvalue weighted by molar-refractivity contribution is -0.545. The van der Waals surface area contributed by atoms with Crippen LogP contribution in [-0.2, 0) is 6.54 Å². The monoisotopic (exact) mass is 291 g/mol. The summed E-state index contributed by atoms with van der Waals surface area (Å²) in [5.41, 5.74) is 0.682. The van der Waals surface area contributed by atoms with Gasteiger partial charge in [-0.2, -0.15) is 0 Å². The molecule has 0 aromatic heterocycles. The van der Waals surface area contributed by atoms with E-state index in [1.165, 1.54) is 18.2 Å². The maximum Gasteiger partial charge on any atom is 0.269 e. The van der Waals surface area contributed by atoms with Gasteiger partial charge < -0.3 is 5.11 Å². The third kappa shape index (κ3) is 3.30. The largest absolute Gasteiger partial charge is 0.872 e. The number of nitrogens with zero attached hydrogens (tertiary/aromatic N) is 2. The fourth-order valence-electron chi connectivity index (χ4n) is 1.57. The fraction of sp³-hybridized carbons (Fsp3) is 0.0769. The molecule has 7 heteroatoms. The molecule has 0 aliphatic heterocycles. The van der Waals surface area contributed by atoms with Gasteiger partial charge in [0, 0.05) is 17.7 Å². The van der Waals surface area contributed by atoms with Crippen LogP contribution in [0.4, 0.5) is 11.4 Å². The average Bonchev–Trinajstić information content (AvgIpc) is 2.42. The van der Waals surface area contributed by atoms with Crippen molar-refractivity contribution in [2.45, 2.75) is 6.54 Å². The molecule has 2 rings (SSSR count). The van der Waals surface area contributed by atoms with Crippen LogP contribution in [0.25, 0.3) is 0 Å². The lowest BCUT2D eigenvalue weighted by Crippen LogP contribution is -2.63. The number of benzene rings is 2. The maximum absolute atomic E-state index is 11.6. The molecular formula is C13H10ClN3O3. The molecule has 2 aromatic carbocycles. The first kappa shape index (κ1) is 14.0. The van der Waals surface area contributed by atoms with E-state index in [2.05, 4.69) is 10.2 Å². The second kappa shape index (κ2) is 6.12. The van der Waals surface area contributed by atoms with Crippen LogP contribution in [0.3, 0.4) is 0 Å². The number of hydrogen-bond donors (Lipinski definition) is 1. The van der Waals surface area contributed by atoms with E-state index in [1.54, 1.807) is 24.3 Å². The SMILES string of the molecule is O=[N+]([O-])c1ccc([O-])c(C[NH+]=Nc2ccccc2Cl)c1. The Morgan fingerprint density at radius 2 is 2.00 bits per heavy atom. The number of rotatable bonds is 4. The average molecular weight is 292 g/mol. The summed E-state index contributed by atoms with van der Waals surface area (Å²) < 4.78 is 0. The zero-order valence-corrected chi connectivity index (χ0v) is 11.0. The second-order valence-corrected chi connectivity index (χ2v) is 4.35. The molecule has 0 unspecified atom stereocenters. The minimum absolute atomic E-state index is 0.0890. The number of halogens is 1. The summed E-state index contributed by atoms with van der Waals surface area (Å²) in [6.07, 6.45) is 0. The van der Waals surface area contributed by atoms with Crippen LogP contribution in [-0.4, -0.2) is 4.92 Å². The van der Waals surface area contributed by atoms with E-state index >= 15 is 0 Å². The van der Waals surface area contributed by atoms with Gasteiger partial charge in [-0.1, -0.05) is 35.5 Å². The van der Waals surface area contributed by atoms with Gasteiger partial charge in [-0.25, -0.2) is 0 Å². The first-order chi connectivity index (χ1) is 9.58. The summed E-state index contributed by atoms with van der Waals surface area (Å²) in [5, 5.41) is 29.4. The molecule has 1 N–H and O–H groups in total. The normalized spacial score (nSPS) is 10.8. The molecule has 0 saturated carbocycles. The number of nitro groups is 1. The van der Waals surface area contributed by atoms with Gasteiger partial charge in [0.25, 0.3) is 5.69 Å². The van der Waals surface area contributed by atoms with Gasteiger partial charge in [0.15, 0.2) is 6.54 Å². The Balaban J connectivity index is 2.17. The van der Waals surface area contributed by atoms with Crippen LogP contribution >= 0.6 is 11.6 Å². The number of para-hydroxylation sites is 1. The molecule has 0 radical (unpaired) electrons. The van der Waals surface area contributed by atoms with Gasteiger partial charge in [-0.3, -0.25) is 10.1 Å². The summed E-state index contributed by atoms with van der Waals surface area (Å²) in [6.45, 7) is 0.0890. The summed E-state index contributed by atoms with van der Waals surface area (Å²) in [6, 6.07) is 10.5. The molecular weight excluding hydrogens is 282 g/mol. The third-order valence-electron chi connectivity index (χ3n) is 2.58. The smallest absolute Gasteiger partial charge is 0.269 e. The highest BCUT2D eigenvalue weighted by atomic mass is 35.5. The van der Waals surface area contributed by atoms with Crippen molar-refractivity contribution in [3.63, 3.8) is 0 Å². The molecule has 0 heterocycles. The van der Waals surface area contributed by atoms with Gasteiger partial charge in [0.05, 0.1) is 9.95 Å². The number of nitro benzene ring substituents is 1. The Bertz CT molecular complexity index is 674. The Morgan fingerprint density at radius 1 is 1.25 bits per heavy atom. The minimum atomic E-state index is -0.547. The summed E-state index contributed by atoms with van der Waals surface area (Å²) in [4.78, 5) is 10.1. The van der Waals surface area contributed by atoms with Crippen molar-refractivity contribution in [2.24, 2.45) is 5.11 Å². The van der Waals surface area contributed by atoms with Crippen LogP contribution < -0.4 is 10.2 Å². The number of hydrogen-bond acceptors (Lipinski definition) is 4. The Labute approximate surface area is 119 Å². The first-order valence-corrected chi connectivity index (χ1v) is 6.08. The lowest BCUT2D eigenvalue weighted by Gasteiger charge is -2.07. The highest BCUT2D eigenvalue weighted by Crippen LogP contribution is 2.22. The molecule has 20 heavy (non-hydrogen) atoms. The van der Waals surface area contributed by atoms with Crippen molar-refractivity contribution in [1.29, 1.82) is 0 Å². The standard InChI is InChI=1S/C13H10ClN3O3/c14-11-3-1-2-4-12(11)16-15-8-9-7-10(17(19)20)5-6-13(9)18/h1-7,18H,8H2. The van der Waals surface area contributed by atoms with Crippen LogP contribution in [0.5, 0.6) is 5.75 Å². The first-order valence-electron chi connectivity index (χ1n) is 5.70. The van der Waals surface area contributed by atoms with Crippen LogP contribution in [0.15, 0.2) is 47.6 Å². The fourth-order valence-corrected chi connectivity index (χ4v) is 1.75. The van der Waals surface area contributed by atoms with E-state index in [-0.39, 0.29) is 23.5 Å². The van der Waals surface area contributed by atoms with E-state index in [0.29, 0.717) is 10.7 Å². The predicted octanol–water partition coefficient (Wildman–Crippen LogP) is 1.69. The molecule has 0 amide bonds. The molecule has 102 valence electrons. The maximum atomic E-state index is 11.6. The molecule has 0 bridgehead atoms. The molecule has 0 atom stereocenters. The molecule has 0 aliphatic carbocycles. The zero-order chi connectivity index (χ0) is 14.5. The van der Waals surface area contributed by atoms with Crippen LogP contribution in [0, 0.1) is 10.1 Å². The highest BCUT2D eigenvalue weighted by Gasteiger charge is 2.08. The predicted molar refractivity (Wildman–Crippen MR) is 70.7 cm³/mol. The quantitative estimate of drug-likeness (QED) is 0.528. The number of nitrogens with one attached hydrogen (secondary N) is 1. The third-order valence-corrected chi connectivity index (χ3v) is 2.90. The van der Waals surface area contributed by atoms with Gasteiger partial charge >= 0.3 is 0 Å². The van der Waals surface area contributed by atoms with Crippen molar-refractivity contribution < 1.29 is 15.1 Å². The zero-order valence-electron chi connectivity index (χ0n) is 10.2. The van der Waals surface area contributed by atoms with E-state index in [1.807, 2.05) is 0 Å². The van der Waals surface area contributed by atoms with E-state index < -0.39 is 4.92 Å². The lowest BCUT2D eigenvalue weighted by atomic mass is 10.2. The summed E-state index contributed by atoms with van der Waals surface area (Å²) >= 11 is 5.92. The van der Waals surface area contributed by atoms with Crippen LogP contribution in [0.2, 0.25) is 5.02 Å². The topological polar surface area (TPSA) is 92.5 Å². The van der Waals surface area contributed by atoms with Gasteiger partial charge in [0.2, 0.25) is 0 Å². The summed E-state index contributed by atoms with van der Waals surface area (Å²) in [7, 11) is 0. The Kier molecular flexibility index (Phi) is 4.27. The van der Waals surface area contributed by atoms with Crippen molar-refractivity contribution in [1.82, 2.24) is 0 Å². The van der Waals surface area contributed by atoms with Gasteiger partial charge in [-0.05, 0) is 17.2 Å². The molecule has 0 fully saturated rings.